The quantitative estimate of drug-likeness (QED) is 0.876. The van der Waals surface area contributed by atoms with Crippen molar-refractivity contribution >= 4 is 5.91 Å². The summed E-state index contributed by atoms with van der Waals surface area (Å²) in [5.41, 5.74) is 3.36. The second-order valence-electron chi connectivity index (χ2n) is 4.63. The van der Waals surface area contributed by atoms with Crippen molar-refractivity contribution in [1.29, 1.82) is 0 Å². The summed E-state index contributed by atoms with van der Waals surface area (Å²) < 4.78 is 1.97. The monoisotopic (exact) mass is 242 g/mol. The third-order valence-corrected chi connectivity index (χ3v) is 2.83. The Bertz CT molecular complexity index is 543. The van der Waals surface area contributed by atoms with E-state index in [0.717, 1.165) is 11.1 Å². The molecule has 0 radical (unpaired) electrons. The Morgan fingerprint density at radius 1 is 1.28 bits per heavy atom. The minimum atomic E-state index is 0.0597. The molecule has 3 nitrogen and oxygen atoms in total. The van der Waals surface area contributed by atoms with Crippen LogP contribution in [-0.2, 0) is 24.8 Å². The first-order valence-corrected chi connectivity index (χ1v) is 6.06. The molecule has 94 valence electrons. The zero-order chi connectivity index (χ0) is 13.0. The number of carbonyl (C=O) groups is 1. The Labute approximate surface area is 107 Å². The maximum atomic E-state index is 11.8. The van der Waals surface area contributed by atoms with Gasteiger partial charge in [0.1, 0.15) is 0 Å². The molecule has 0 saturated heterocycles. The summed E-state index contributed by atoms with van der Waals surface area (Å²) in [5.74, 6) is 0.0597. The van der Waals surface area contributed by atoms with Crippen LogP contribution < -0.4 is 5.32 Å². The Morgan fingerprint density at radius 2 is 2.11 bits per heavy atom. The third-order valence-electron chi connectivity index (χ3n) is 2.83. The predicted molar refractivity (Wildman–Crippen MR) is 72.1 cm³/mol. The first-order valence-electron chi connectivity index (χ1n) is 6.06. The van der Waals surface area contributed by atoms with E-state index in [1.807, 2.05) is 61.3 Å². The lowest BCUT2D eigenvalue weighted by molar-refractivity contribution is -0.120. The van der Waals surface area contributed by atoms with E-state index < -0.39 is 0 Å². The van der Waals surface area contributed by atoms with Crippen molar-refractivity contribution in [2.24, 2.45) is 7.05 Å². The van der Waals surface area contributed by atoms with Gasteiger partial charge in [0, 0.05) is 26.0 Å². The number of aromatic nitrogens is 1. The third kappa shape index (κ3) is 3.48. The number of carbonyl (C=O) groups excluding carboxylic acids is 1. The lowest BCUT2D eigenvalue weighted by Gasteiger charge is -2.04. The van der Waals surface area contributed by atoms with Crippen LogP contribution in [0, 0.1) is 6.92 Å². The highest BCUT2D eigenvalue weighted by molar-refractivity contribution is 5.78. The van der Waals surface area contributed by atoms with Gasteiger partial charge in [0.2, 0.25) is 5.91 Å². The molecular weight excluding hydrogens is 224 g/mol. The summed E-state index contributed by atoms with van der Waals surface area (Å²) in [7, 11) is 1.97. The average molecular weight is 242 g/mol. The maximum absolute atomic E-state index is 11.8. The van der Waals surface area contributed by atoms with Crippen molar-refractivity contribution in [2.45, 2.75) is 19.9 Å². The zero-order valence-electron chi connectivity index (χ0n) is 10.8. The second-order valence-corrected chi connectivity index (χ2v) is 4.63. The van der Waals surface area contributed by atoms with Crippen molar-refractivity contribution in [3.05, 3.63) is 59.4 Å². The molecule has 2 rings (SSSR count). The topological polar surface area (TPSA) is 34.0 Å². The molecule has 1 aromatic heterocycles. The Hall–Kier alpha value is -2.03. The van der Waals surface area contributed by atoms with Crippen LogP contribution in [0.5, 0.6) is 0 Å². The fraction of sp³-hybridized carbons (Fsp3) is 0.267. The molecule has 0 bridgehead atoms. The Balaban J connectivity index is 1.85. The van der Waals surface area contributed by atoms with Crippen LogP contribution >= 0.6 is 0 Å². The van der Waals surface area contributed by atoms with Gasteiger partial charge in [-0.1, -0.05) is 29.8 Å². The van der Waals surface area contributed by atoms with Gasteiger partial charge in [-0.2, -0.15) is 0 Å². The van der Waals surface area contributed by atoms with E-state index in [1.165, 1.54) is 5.56 Å². The van der Waals surface area contributed by atoms with Gasteiger partial charge in [-0.15, -0.1) is 0 Å². The van der Waals surface area contributed by atoms with E-state index in [1.54, 1.807) is 0 Å². The molecule has 0 fully saturated rings. The zero-order valence-corrected chi connectivity index (χ0v) is 10.8. The van der Waals surface area contributed by atoms with Gasteiger partial charge in [-0.05, 0) is 24.1 Å². The highest BCUT2D eigenvalue weighted by atomic mass is 16.1. The number of hydrogen-bond donors (Lipinski definition) is 1. The molecule has 1 amide bonds. The normalized spacial score (nSPS) is 10.3. The van der Waals surface area contributed by atoms with Crippen LogP contribution in [0.4, 0.5) is 0 Å². The number of rotatable bonds is 4. The van der Waals surface area contributed by atoms with Gasteiger partial charge in [0.05, 0.1) is 6.42 Å². The van der Waals surface area contributed by atoms with Crippen molar-refractivity contribution in [2.75, 3.05) is 0 Å². The molecule has 18 heavy (non-hydrogen) atoms. The van der Waals surface area contributed by atoms with Crippen LogP contribution in [-0.4, -0.2) is 10.5 Å². The van der Waals surface area contributed by atoms with Crippen LogP contribution in [0.1, 0.15) is 16.7 Å². The van der Waals surface area contributed by atoms with Crippen LogP contribution in [0.3, 0.4) is 0 Å². The minimum absolute atomic E-state index is 0.0597. The number of amides is 1. The van der Waals surface area contributed by atoms with Gasteiger partial charge < -0.3 is 9.88 Å². The highest BCUT2D eigenvalue weighted by Gasteiger charge is 2.03. The van der Waals surface area contributed by atoms with E-state index in [4.69, 9.17) is 0 Å². The van der Waals surface area contributed by atoms with E-state index in [-0.39, 0.29) is 5.91 Å². The molecule has 1 N–H and O–H groups in total. The summed E-state index contributed by atoms with van der Waals surface area (Å²) in [5, 5.41) is 2.93. The molecular formula is C15H18N2O. The van der Waals surface area contributed by atoms with E-state index in [2.05, 4.69) is 5.32 Å². The predicted octanol–water partition coefficient (Wildman–Crippen LogP) is 2.19. The minimum Gasteiger partial charge on any atom is -0.357 e. The lowest BCUT2D eigenvalue weighted by Crippen LogP contribution is -2.24. The molecule has 0 aliphatic heterocycles. The lowest BCUT2D eigenvalue weighted by atomic mass is 10.1. The van der Waals surface area contributed by atoms with E-state index in [0.29, 0.717) is 13.0 Å². The van der Waals surface area contributed by atoms with Crippen molar-refractivity contribution < 1.29 is 4.79 Å². The van der Waals surface area contributed by atoms with Gasteiger partial charge in [0.15, 0.2) is 0 Å². The molecule has 0 atom stereocenters. The highest BCUT2D eigenvalue weighted by Crippen LogP contribution is 2.05. The fourth-order valence-electron chi connectivity index (χ4n) is 1.94. The van der Waals surface area contributed by atoms with Crippen LogP contribution in [0.2, 0.25) is 0 Å². The summed E-state index contributed by atoms with van der Waals surface area (Å²) in [6, 6.07) is 10.0. The van der Waals surface area contributed by atoms with Crippen LogP contribution in [0.15, 0.2) is 42.7 Å². The van der Waals surface area contributed by atoms with E-state index in [9.17, 15) is 4.79 Å². The summed E-state index contributed by atoms with van der Waals surface area (Å²) in [6.45, 7) is 2.62. The fourth-order valence-corrected chi connectivity index (χ4v) is 1.94. The number of hydrogen-bond acceptors (Lipinski definition) is 1. The second kappa shape index (κ2) is 5.54. The van der Waals surface area contributed by atoms with Gasteiger partial charge in [-0.25, -0.2) is 0 Å². The molecule has 0 aliphatic rings. The smallest absolute Gasteiger partial charge is 0.224 e. The molecule has 1 aromatic carbocycles. The number of nitrogens with one attached hydrogen (secondary N) is 1. The van der Waals surface area contributed by atoms with E-state index >= 15 is 0 Å². The molecule has 0 spiro atoms. The number of aryl methyl sites for hydroxylation is 2. The largest absolute Gasteiger partial charge is 0.357 e. The molecule has 3 heteroatoms. The summed E-state index contributed by atoms with van der Waals surface area (Å²) in [6.07, 6.45) is 4.42. The van der Waals surface area contributed by atoms with Crippen molar-refractivity contribution in [3.63, 3.8) is 0 Å². The first kappa shape index (κ1) is 12.4. The molecule has 0 aliphatic carbocycles. The number of benzene rings is 1. The number of nitrogens with zero attached hydrogens (tertiary/aromatic N) is 1. The molecule has 0 saturated carbocycles. The maximum Gasteiger partial charge on any atom is 0.224 e. The van der Waals surface area contributed by atoms with Crippen molar-refractivity contribution in [3.8, 4) is 0 Å². The van der Waals surface area contributed by atoms with Gasteiger partial charge in [0.25, 0.3) is 0 Å². The SMILES string of the molecule is Cc1cccc(CC(=O)NCc2ccn(C)c2)c1. The molecule has 0 unspecified atom stereocenters. The summed E-state index contributed by atoms with van der Waals surface area (Å²) in [4.78, 5) is 11.8. The standard InChI is InChI=1S/C15H18N2O/c1-12-4-3-5-13(8-12)9-15(18)16-10-14-6-7-17(2)11-14/h3-8,11H,9-10H2,1-2H3,(H,16,18). The first-order chi connectivity index (χ1) is 8.63. The summed E-state index contributed by atoms with van der Waals surface area (Å²) >= 11 is 0. The molecule has 2 aromatic rings. The average Bonchev–Trinajstić information content (AvgIpc) is 2.73. The Morgan fingerprint density at radius 3 is 2.78 bits per heavy atom. The Kier molecular flexibility index (Phi) is 3.82. The molecule has 1 heterocycles. The van der Waals surface area contributed by atoms with Crippen molar-refractivity contribution in [1.82, 2.24) is 9.88 Å². The van der Waals surface area contributed by atoms with Crippen LogP contribution in [0.25, 0.3) is 0 Å². The van der Waals surface area contributed by atoms with Gasteiger partial charge >= 0.3 is 0 Å². The van der Waals surface area contributed by atoms with Gasteiger partial charge in [-0.3, -0.25) is 4.79 Å².